The maximum Gasteiger partial charge on any atom is 0.321 e. The van der Waals surface area contributed by atoms with Gasteiger partial charge in [0, 0.05) is 25.2 Å². The molecule has 146 valence electrons. The molecule has 2 heterocycles. The molecule has 0 spiro atoms. The van der Waals surface area contributed by atoms with Gasteiger partial charge in [-0.05, 0) is 34.6 Å². The minimum atomic E-state index is -0.499. The number of carbonyl (C=O) groups excluding carboxylic acids is 2. The second kappa shape index (κ2) is 8.72. The number of morpholine rings is 1. The molecule has 2 rings (SSSR count). The van der Waals surface area contributed by atoms with Crippen LogP contribution in [-0.4, -0.2) is 63.8 Å². The van der Waals surface area contributed by atoms with E-state index in [2.05, 4.69) is 25.7 Å². The fraction of sp³-hybridized carbons (Fsp3) is 0.750. The number of aromatic nitrogens is 3. The number of amides is 3. The molecule has 1 aliphatic heterocycles. The maximum atomic E-state index is 12.3. The number of urea groups is 1. The second-order valence-corrected chi connectivity index (χ2v) is 8.39. The van der Waals surface area contributed by atoms with Gasteiger partial charge in [0.2, 0.25) is 11.9 Å². The molecule has 1 aromatic rings. The van der Waals surface area contributed by atoms with Crippen molar-refractivity contribution in [2.24, 2.45) is 0 Å². The molecular weight excluding hydrogens is 356 g/mol. The number of carbonyl (C=O) groups is 2. The van der Waals surface area contributed by atoms with Crippen molar-refractivity contribution < 1.29 is 14.3 Å². The molecule has 3 amide bonds. The van der Waals surface area contributed by atoms with Crippen molar-refractivity contribution in [1.82, 2.24) is 25.4 Å². The van der Waals surface area contributed by atoms with Gasteiger partial charge in [-0.2, -0.15) is 0 Å². The monoisotopic (exact) mass is 384 g/mol. The Hall–Kier alpha value is -1.81. The van der Waals surface area contributed by atoms with Crippen LogP contribution in [0.1, 0.15) is 34.6 Å². The van der Waals surface area contributed by atoms with Crippen molar-refractivity contribution in [3.8, 4) is 0 Å². The summed E-state index contributed by atoms with van der Waals surface area (Å²) in [4.78, 5) is 26.3. The molecule has 2 N–H and O–H groups in total. The van der Waals surface area contributed by atoms with Crippen LogP contribution in [0.15, 0.2) is 5.16 Å². The molecule has 26 heavy (non-hydrogen) atoms. The first-order valence-corrected chi connectivity index (χ1v) is 9.64. The van der Waals surface area contributed by atoms with Gasteiger partial charge in [-0.3, -0.25) is 14.7 Å². The fourth-order valence-electron chi connectivity index (χ4n) is 2.44. The topological polar surface area (TPSA) is 101 Å². The number of nitrogens with one attached hydrogen (secondary N) is 2. The zero-order valence-corrected chi connectivity index (χ0v) is 16.9. The third kappa shape index (κ3) is 5.60. The van der Waals surface area contributed by atoms with Crippen LogP contribution >= 0.6 is 11.8 Å². The van der Waals surface area contributed by atoms with Crippen LogP contribution in [0.2, 0.25) is 0 Å². The van der Waals surface area contributed by atoms with Crippen LogP contribution < -0.4 is 15.5 Å². The molecule has 0 unspecified atom stereocenters. The van der Waals surface area contributed by atoms with Crippen molar-refractivity contribution in [3.05, 3.63) is 0 Å². The molecule has 1 aromatic heterocycles. The third-order valence-electron chi connectivity index (χ3n) is 3.68. The van der Waals surface area contributed by atoms with Crippen LogP contribution in [0.3, 0.4) is 0 Å². The van der Waals surface area contributed by atoms with Crippen LogP contribution in [0.5, 0.6) is 0 Å². The lowest BCUT2D eigenvalue weighted by atomic mass is 10.1. The highest BCUT2D eigenvalue weighted by Gasteiger charge is 2.24. The molecule has 0 aromatic carbocycles. The first kappa shape index (κ1) is 20.5. The van der Waals surface area contributed by atoms with Crippen LogP contribution in [-0.2, 0) is 16.1 Å². The Morgan fingerprint density at radius 1 is 1.27 bits per heavy atom. The van der Waals surface area contributed by atoms with Gasteiger partial charge in [0.25, 0.3) is 0 Å². The molecule has 0 radical (unpaired) electrons. The van der Waals surface area contributed by atoms with Crippen molar-refractivity contribution in [3.63, 3.8) is 0 Å². The molecule has 1 saturated heterocycles. The Bertz CT molecular complexity index is 636. The molecule has 9 nitrogen and oxygen atoms in total. The van der Waals surface area contributed by atoms with Crippen molar-refractivity contribution >= 4 is 29.6 Å². The summed E-state index contributed by atoms with van der Waals surface area (Å²) in [5.74, 6) is 0.423. The number of hydrogen-bond acceptors (Lipinski definition) is 7. The van der Waals surface area contributed by atoms with Gasteiger partial charge in [0.05, 0.1) is 18.5 Å². The quantitative estimate of drug-likeness (QED) is 0.737. The Morgan fingerprint density at radius 2 is 1.92 bits per heavy atom. The average molecular weight is 385 g/mol. The Labute approximate surface area is 158 Å². The van der Waals surface area contributed by atoms with Gasteiger partial charge in [0.15, 0.2) is 5.16 Å². The molecule has 1 atom stereocenters. The van der Waals surface area contributed by atoms with E-state index < -0.39 is 16.8 Å². The summed E-state index contributed by atoms with van der Waals surface area (Å²) in [5.41, 5.74) is -0.407. The van der Waals surface area contributed by atoms with Crippen molar-refractivity contribution in [2.45, 2.75) is 57.1 Å². The minimum absolute atomic E-state index is 0.365. The van der Waals surface area contributed by atoms with E-state index in [9.17, 15) is 9.59 Å². The van der Waals surface area contributed by atoms with E-state index in [1.807, 2.05) is 32.3 Å². The molecular formula is C16H28N6O3S. The SMILES string of the molecule is CCn1c(S[C@@H](C)C(=O)NC(=O)NC(C)(C)C)nnc1N1CCOCC1. The molecule has 1 aliphatic rings. The normalized spacial score (nSPS) is 16.3. The Kier molecular flexibility index (Phi) is 6.87. The summed E-state index contributed by atoms with van der Waals surface area (Å²) in [7, 11) is 0. The maximum absolute atomic E-state index is 12.3. The lowest BCUT2D eigenvalue weighted by Crippen LogP contribution is -2.49. The molecule has 10 heteroatoms. The van der Waals surface area contributed by atoms with E-state index in [1.54, 1.807) is 6.92 Å². The summed E-state index contributed by atoms with van der Waals surface area (Å²) in [6.07, 6.45) is 0. The van der Waals surface area contributed by atoms with Crippen LogP contribution in [0.4, 0.5) is 10.7 Å². The van der Waals surface area contributed by atoms with E-state index in [0.29, 0.717) is 24.9 Å². The zero-order valence-electron chi connectivity index (χ0n) is 16.0. The van der Waals surface area contributed by atoms with Gasteiger partial charge in [-0.25, -0.2) is 4.79 Å². The summed E-state index contributed by atoms with van der Waals surface area (Å²) in [5, 5.41) is 13.8. The van der Waals surface area contributed by atoms with E-state index in [-0.39, 0.29) is 5.91 Å². The Balaban J connectivity index is 1.99. The third-order valence-corrected chi connectivity index (χ3v) is 4.76. The predicted molar refractivity (Wildman–Crippen MR) is 100 cm³/mol. The molecule has 0 bridgehead atoms. The minimum Gasteiger partial charge on any atom is -0.378 e. The molecule has 1 fully saturated rings. The van der Waals surface area contributed by atoms with Crippen LogP contribution in [0, 0.1) is 0 Å². The number of anilines is 1. The van der Waals surface area contributed by atoms with Gasteiger partial charge in [-0.15, -0.1) is 10.2 Å². The second-order valence-electron chi connectivity index (χ2n) is 7.08. The zero-order chi connectivity index (χ0) is 19.3. The number of thioether (sulfide) groups is 1. The summed E-state index contributed by atoms with van der Waals surface area (Å²) in [6.45, 7) is 12.9. The van der Waals surface area contributed by atoms with Crippen molar-refractivity contribution in [2.75, 3.05) is 31.2 Å². The lowest BCUT2D eigenvalue weighted by molar-refractivity contribution is -0.119. The van der Waals surface area contributed by atoms with Gasteiger partial charge < -0.3 is 15.0 Å². The van der Waals surface area contributed by atoms with Crippen LogP contribution in [0.25, 0.3) is 0 Å². The van der Waals surface area contributed by atoms with E-state index in [1.165, 1.54) is 11.8 Å². The number of ether oxygens (including phenoxy) is 1. The fourth-order valence-corrected chi connectivity index (χ4v) is 3.35. The highest BCUT2D eigenvalue weighted by atomic mass is 32.2. The summed E-state index contributed by atoms with van der Waals surface area (Å²) in [6, 6.07) is -0.499. The van der Waals surface area contributed by atoms with E-state index in [0.717, 1.165) is 19.0 Å². The van der Waals surface area contributed by atoms with Crippen molar-refractivity contribution in [1.29, 1.82) is 0 Å². The lowest BCUT2D eigenvalue weighted by Gasteiger charge is -2.27. The smallest absolute Gasteiger partial charge is 0.321 e. The van der Waals surface area contributed by atoms with Gasteiger partial charge >= 0.3 is 6.03 Å². The summed E-state index contributed by atoms with van der Waals surface area (Å²) >= 11 is 1.29. The molecule has 0 aliphatic carbocycles. The van der Waals surface area contributed by atoms with Gasteiger partial charge in [-0.1, -0.05) is 11.8 Å². The van der Waals surface area contributed by atoms with Gasteiger partial charge in [0.1, 0.15) is 0 Å². The Morgan fingerprint density at radius 3 is 2.50 bits per heavy atom. The number of rotatable bonds is 5. The number of hydrogen-bond donors (Lipinski definition) is 2. The first-order chi connectivity index (χ1) is 12.2. The standard InChI is InChI=1S/C16H28N6O3S/c1-6-22-14(21-7-9-25-10-8-21)19-20-15(22)26-11(2)12(23)17-13(24)18-16(3,4)5/h11H,6-10H2,1-5H3,(H2,17,18,23,24)/t11-/m0/s1. The number of nitrogens with zero attached hydrogens (tertiary/aromatic N) is 4. The van der Waals surface area contributed by atoms with E-state index >= 15 is 0 Å². The highest BCUT2D eigenvalue weighted by molar-refractivity contribution is 8.00. The first-order valence-electron chi connectivity index (χ1n) is 8.77. The highest BCUT2D eigenvalue weighted by Crippen LogP contribution is 2.26. The number of imide groups is 1. The van der Waals surface area contributed by atoms with E-state index in [4.69, 9.17) is 4.74 Å². The average Bonchev–Trinajstić information content (AvgIpc) is 2.96. The molecule has 0 saturated carbocycles. The summed E-state index contributed by atoms with van der Waals surface area (Å²) < 4.78 is 7.35. The predicted octanol–water partition coefficient (Wildman–Crippen LogP) is 1.24. The largest absolute Gasteiger partial charge is 0.378 e.